The number of rotatable bonds is 9. The van der Waals surface area contributed by atoms with Crippen molar-refractivity contribution in [1.29, 1.82) is 0 Å². The SMILES string of the molecule is COc1ccc(-c2nn(CCNC(=O)c3ccc(OC)cc3OC)c(=O)n2C2CC2)cc1. The van der Waals surface area contributed by atoms with Gasteiger partial charge in [-0.3, -0.25) is 9.36 Å². The summed E-state index contributed by atoms with van der Waals surface area (Å²) in [5.74, 6) is 2.09. The first kappa shape index (κ1) is 21.5. The fraction of sp³-hybridized carbons (Fsp3) is 0.348. The molecule has 9 nitrogen and oxygen atoms in total. The second-order valence-corrected chi connectivity index (χ2v) is 7.48. The van der Waals surface area contributed by atoms with E-state index in [0.717, 1.165) is 24.2 Å². The number of benzene rings is 2. The predicted molar refractivity (Wildman–Crippen MR) is 119 cm³/mol. The lowest BCUT2D eigenvalue weighted by atomic mass is 10.1. The summed E-state index contributed by atoms with van der Waals surface area (Å²) in [6.07, 6.45) is 1.92. The highest BCUT2D eigenvalue weighted by Crippen LogP contribution is 2.36. The summed E-state index contributed by atoms with van der Waals surface area (Å²) in [6.45, 7) is 0.504. The molecule has 0 bridgehead atoms. The molecule has 1 aliphatic rings. The van der Waals surface area contributed by atoms with E-state index >= 15 is 0 Å². The van der Waals surface area contributed by atoms with Gasteiger partial charge in [0.1, 0.15) is 17.2 Å². The van der Waals surface area contributed by atoms with E-state index in [4.69, 9.17) is 14.2 Å². The maximum Gasteiger partial charge on any atom is 0.346 e. The van der Waals surface area contributed by atoms with Gasteiger partial charge in [-0.25, -0.2) is 9.48 Å². The Morgan fingerprint density at radius 1 is 1.03 bits per heavy atom. The highest BCUT2D eigenvalue weighted by Gasteiger charge is 2.30. The zero-order chi connectivity index (χ0) is 22.7. The number of methoxy groups -OCH3 is 3. The van der Waals surface area contributed by atoms with Crippen molar-refractivity contribution in [2.45, 2.75) is 25.4 Å². The van der Waals surface area contributed by atoms with Crippen LogP contribution >= 0.6 is 0 Å². The van der Waals surface area contributed by atoms with Gasteiger partial charge in [0, 0.05) is 24.2 Å². The maximum atomic E-state index is 13.0. The first-order valence-electron chi connectivity index (χ1n) is 10.4. The van der Waals surface area contributed by atoms with Crippen molar-refractivity contribution < 1.29 is 19.0 Å². The van der Waals surface area contributed by atoms with Gasteiger partial charge in [0.05, 0.1) is 33.4 Å². The summed E-state index contributed by atoms with van der Waals surface area (Å²) in [6, 6.07) is 12.6. The molecule has 1 aliphatic carbocycles. The van der Waals surface area contributed by atoms with Crippen molar-refractivity contribution in [3.8, 4) is 28.6 Å². The molecule has 1 N–H and O–H groups in total. The Hall–Kier alpha value is -3.75. The number of nitrogens with one attached hydrogen (secondary N) is 1. The zero-order valence-corrected chi connectivity index (χ0v) is 18.3. The molecule has 9 heteroatoms. The Labute approximate surface area is 185 Å². The molecule has 0 atom stereocenters. The molecule has 0 radical (unpaired) electrons. The quantitative estimate of drug-likeness (QED) is 0.551. The topological polar surface area (TPSA) is 96.6 Å². The molecule has 0 unspecified atom stereocenters. The van der Waals surface area contributed by atoms with Gasteiger partial charge in [-0.15, -0.1) is 5.10 Å². The number of nitrogens with zero attached hydrogens (tertiary/aromatic N) is 3. The third-order valence-electron chi connectivity index (χ3n) is 5.39. The largest absolute Gasteiger partial charge is 0.497 e. The summed E-state index contributed by atoms with van der Waals surface area (Å²) < 4.78 is 18.8. The van der Waals surface area contributed by atoms with Crippen LogP contribution in [0.2, 0.25) is 0 Å². The minimum absolute atomic E-state index is 0.172. The molecule has 0 aliphatic heterocycles. The van der Waals surface area contributed by atoms with Crippen LogP contribution in [0.1, 0.15) is 29.2 Å². The molecule has 0 spiro atoms. The normalized spacial score (nSPS) is 13.0. The van der Waals surface area contributed by atoms with Crippen molar-refractivity contribution in [2.75, 3.05) is 27.9 Å². The number of carbonyl (C=O) groups is 1. The van der Waals surface area contributed by atoms with Crippen molar-refractivity contribution >= 4 is 5.91 Å². The van der Waals surface area contributed by atoms with E-state index in [9.17, 15) is 9.59 Å². The van der Waals surface area contributed by atoms with Crippen LogP contribution in [-0.4, -0.2) is 48.1 Å². The Balaban J connectivity index is 1.49. The molecule has 1 heterocycles. The summed E-state index contributed by atoms with van der Waals surface area (Å²) in [4.78, 5) is 25.6. The molecule has 0 saturated heterocycles. The van der Waals surface area contributed by atoms with Gasteiger partial charge in [-0.05, 0) is 49.2 Å². The third kappa shape index (κ3) is 4.32. The smallest absolute Gasteiger partial charge is 0.346 e. The van der Waals surface area contributed by atoms with Crippen LogP contribution in [-0.2, 0) is 6.54 Å². The average molecular weight is 438 g/mol. The highest BCUT2D eigenvalue weighted by molar-refractivity contribution is 5.97. The number of hydrogen-bond acceptors (Lipinski definition) is 6. The van der Waals surface area contributed by atoms with E-state index < -0.39 is 0 Å². The van der Waals surface area contributed by atoms with Crippen LogP contribution in [0.5, 0.6) is 17.2 Å². The molecule has 2 aromatic carbocycles. The lowest BCUT2D eigenvalue weighted by Crippen LogP contribution is -2.32. The number of aromatic nitrogens is 3. The number of amides is 1. The summed E-state index contributed by atoms with van der Waals surface area (Å²) in [5.41, 5.74) is 1.07. The van der Waals surface area contributed by atoms with Crippen molar-refractivity contribution in [1.82, 2.24) is 19.7 Å². The van der Waals surface area contributed by atoms with Gasteiger partial charge in [0.15, 0.2) is 5.82 Å². The van der Waals surface area contributed by atoms with E-state index in [2.05, 4.69) is 10.4 Å². The molecular formula is C23H26N4O5. The second kappa shape index (κ2) is 9.17. The second-order valence-electron chi connectivity index (χ2n) is 7.48. The molecule has 1 saturated carbocycles. The summed E-state index contributed by atoms with van der Waals surface area (Å²) in [7, 11) is 4.66. The Morgan fingerprint density at radius 3 is 2.34 bits per heavy atom. The Kier molecular flexibility index (Phi) is 6.16. The molecule has 1 amide bonds. The standard InChI is InChI=1S/C23H26N4O5/c1-30-17-8-4-15(5-9-17)21-25-26(23(29)27(21)16-6-7-16)13-12-24-22(28)19-11-10-18(31-2)14-20(19)32-3/h4-5,8-11,14,16H,6-7,12-13H2,1-3H3,(H,24,28). The van der Waals surface area contributed by atoms with E-state index in [1.165, 1.54) is 11.8 Å². The number of carbonyl (C=O) groups excluding carboxylic acids is 1. The van der Waals surface area contributed by atoms with Gasteiger partial charge >= 0.3 is 5.69 Å². The molecule has 3 aromatic rings. The summed E-state index contributed by atoms with van der Waals surface area (Å²) >= 11 is 0. The first-order chi connectivity index (χ1) is 15.5. The van der Waals surface area contributed by atoms with E-state index in [1.807, 2.05) is 24.3 Å². The monoisotopic (exact) mass is 438 g/mol. The lowest BCUT2D eigenvalue weighted by molar-refractivity contribution is 0.0948. The van der Waals surface area contributed by atoms with Crippen molar-refractivity contribution in [3.05, 3.63) is 58.5 Å². The van der Waals surface area contributed by atoms with Gasteiger partial charge in [-0.1, -0.05) is 0 Å². The fourth-order valence-corrected chi connectivity index (χ4v) is 3.52. The van der Waals surface area contributed by atoms with E-state index in [-0.39, 0.29) is 30.7 Å². The van der Waals surface area contributed by atoms with Gasteiger partial charge < -0.3 is 19.5 Å². The van der Waals surface area contributed by atoms with E-state index in [1.54, 1.807) is 37.0 Å². The van der Waals surface area contributed by atoms with Crippen LogP contribution in [0.3, 0.4) is 0 Å². The molecule has 1 aromatic heterocycles. The highest BCUT2D eigenvalue weighted by atomic mass is 16.5. The summed E-state index contributed by atoms with van der Waals surface area (Å²) in [5, 5.41) is 7.39. The third-order valence-corrected chi connectivity index (χ3v) is 5.39. The number of ether oxygens (including phenoxy) is 3. The molecule has 32 heavy (non-hydrogen) atoms. The Bertz CT molecular complexity index is 1160. The Morgan fingerprint density at radius 2 is 1.72 bits per heavy atom. The first-order valence-corrected chi connectivity index (χ1v) is 10.4. The molecule has 168 valence electrons. The van der Waals surface area contributed by atoms with Crippen molar-refractivity contribution in [3.63, 3.8) is 0 Å². The minimum Gasteiger partial charge on any atom is -0.497 e. The zero-order valence-electron chi connectivity index (χ0n) is 18.3. The number of hydrogen-bond donors (Lipinski definition) is 1. The van der Waals surface area contributed by atoms with Gasteiger partial charge in [0.25, 0.3) is 5.91 Å². The maximum absolute atomic E-state index is 13.0. The molecule has 4 rings (SSSR count). The van der Waals surface area contributed by atoms with Crippen LogP contribution in [0.15, 0.2) is 47.3 Å². The van der Waals surface area contributed by atoms with Crippen LogP contribution < -0.4 is 25.2 Å². The van der Waals surface area contributed by atoms with Gasteiger partial charge in [-0.2, -0.15) is 0 Å². The van der Waals surface area contributed by atoms with E-state index in [0.29, 0.717) is 22.9 Å². The minimum atomic E-state index is -0.297. The molecular weight excluding hydrogens is 412 g/mol. The van der Waals surface area contributed by atoms with Crippen molar-refractivity contribution in [2.24, 2.45) is 0 Å². The van der Waals surface area contributed by atoms with Gasteiger partial charge in [0.2, 0.25) is 0 Å². The molecule has 1 fully saturated rings. The van der Waals surface area contributed by atoms with Crippen LogP contribution in [0.25, 0.3) is 11.4 Å². The average Bonchev–Trinajstić information content (AvgIpc) is 3.62. The van der Waals surface area contributed by atoms with Crippen LogP contribution in [0.4, 0.5) is 0 Å². The predicted octanol–water partition coefficient (Wildman–Crippen LogP) is 2.50. The lowest BCUT2D eigenvalue weighted by Gasteiger charge is -2.10. The fourth-order valence-electron chi connectivity index (χ4n) is 3.52. The van der Waals surface area contributed by atoms with Crippen LogP contribution in [0, 0.1) is 0 Å².